The van der Waals surface area contributed by atoms with E-state index in [4.69, 9.17) is 20.9 Å². The first-order valence-corrected chi connectivity index (χ1v) is 11.9. The van der Waals surface area contributed by atoms with Crippen molar-refractivity contribution in [3.05, 3.63) is 144 Å². The Morgan fingerprint density at radius 3 is 1.29 bits per heavy atom. The molecule has 0 heterocycles. The summed E-state index contributed by atoms with van der Waals surface area (Å²) in [4.78, 5) is 27.0. The van der Waals surface area contributed by atoms with E-state index in [0.717, 1.165) is 0 Å². The van der Waals surface area contributed by atoms with E-state index in [1.54, 1.807) is 121 Å². The lowest BCUT2D eigenvalue weighted by molar-refractivity contribution is 0.103. The van der Waals surface area contributed by atoms with E-state index in [9.17, 15) is 9.59 Å². The number of anilines is 2. The van der Waals surface area contributed by atoms with Gasteiger partial charge in [-0.3, -0.25) is 9.59 Å². The van der Waals surface area contributed by atoms with Crippen molar-refractivity contribution < 1.29 is 19.1 Å². The van der Waals surface area contributed by atoms with Gasteiger partial charge in [0.15, 0.2) is 11.6 Å². The molecule has 38 heavy (non-hydrogen) atoms. The van der Waals surface area contributed by atoms with E-state index >= 15 is 0 Å². The number of ether oxygens (including phenoxy) is 2. The van der Waals surface area contributed by atoms with E-state index in [0.29, 0.717) is 56.6 Å². The summed E-state index contributed by atoms with van der Waals surface area (Å²) >= 11 is 0. The van der Waals surface area contributed by atoms with E-state index in [2.05, 4.69) is 0 Å². The van der Waals surface area contributed by atoms with Crippen molar-refractivity contribution in [1.82, 2.24) is 0 Å². The van der Waals surface area contributed by atoms with Gasteiger partial charge in [-0.2, -0.15) is 0 Å². The molecule has 0 bridgehead atoms. The van der Waals surface area contributed by atoms with Gasteiger partial charge < -0.3 is 20.9 Å². The fourth-order valence-electron chi connectivity index (χ4n) is 3.92. The first-order chi connectivity index (χ1) is 18.5. The summed E-state index contributed by atoms with van der Waals surface area (Å²) in [6.07, 6.45) is 0. The predicted molar refractivity (Wildman–Crippen MR) is 148 cm³/mol. The van der Waals surface area contributed by atoms with Gasteiger partial charge in [-0.1, -0.05) is 42.5 Å². The second-order valence-electron chi connectivity index (χ2n) is 8.57. The van der Waals surface area contributed by atoms with Gasteiger partial charge in [0.1, 0.15) is 23.0 Å². The lowest BCUT2D eigenvalue weighted by atomic mass is 9.96. The predicted octanol–water partition coefficient (Wildman–Crippen LogP) is 6.90. The second-order valence-corrected chi connectivity index (χ2v) is 8.57. The van der Waals surface area contributed by atoms with Crippen molar-refractivity contribution in [3.63, 3.8) is 0 Å². The van der Waals surface area contributed by atoms with E-state index in [-0.39, 0.29) is 11.6 Å². The van der Waals surface area contributed by atoms with Gasteiger partial charge in [0.05, 0.1) is 11.1 Å². The van der Waals surface area contributed by atoms with Crippen LogP contribution >= 0.6 is 0 Å². The highest BCUT2D eigenvalue weighted by Crippen LogP contribution is 2.30. The Bertz CT molecular complexity index is 1490. The number of hydrogen-bond donors (Lipinski definition) is 2. The third kappa shape index (κ3) is 5.39. The zero-order valence-electron chi connectivity index (χ0n) is 20.3. The summed E-state index contributed by atoms with van der Waals surface area (Å²) in [5, 5.41) is 0. The van der Waals surface area contributed by atoms with Gasteiger partial charge in [-0.25, -0.2) is 0 Å². The fraction of sp³-hybridized carbons (Fsp3) is 0. The number of carbonyl (C=O) groups excluding carboxylic acids is 2. The Morgan fingerprint density at radius 1 is 0.474 bits per heavy atom. The van der Waals surface area contributed by atoms with Gasteiger partial charge >= 0.3 is 0 Å². The largest absolute Gasteiger partial charge is 0.457 e. The van der Waals surface area contributed by atoms with E-state index in [1.807, 2.05) is 0 Å². The molecule has 186 valence electrons. The summed E-state index contributed by atoms with van der Waals surface area (Å²) in [5.41, 5.74) is 14.2. The molecule has 0 saturated heterocycles. The molecule has 5 aromatic rings. The van der Waals surface area contributed by atoms with Crippen molar-refractivity contribution in [2.75, 3.05) is 11.5 Å². The lowest BCUT2D eigenvalue weighted by Crippen LogP contribution is -2.08. The summed E-state index contributed by atoms with van der Waals surface area (Å²) in [6.45, 7) is 0. The number of benzene rings is 5. The highest BCUT2D eigenvalue weighted by molar-refractivity contribution is 6.14. The number of rotatable bonds is 8. The van der Waals surface area contributed by atoms with Crippen LogP contribution in [0.5, 0.6) is 23.0 Å². The molecule has 0 aliphatic carbocycles. The fourth-order valence-corrected chi connectivity index (χ4v) is 3.92. The van der Waals surface area contributed by atoms with Crippen molar-refractivity contribution in [1.29, 1.82) is 0 Å². The van der Waals surface area contributed by atoms with Crippen LogP contribution in [0.1, 0.15) is 31.8 Å². The standard InChI is InChI=1S/C32H24N2O4/c33-23-12-16-25(17-13-23)37-29-10-3-1-8-27(29)31(35)21-6-5-7-22(20-21)32(36)28-9-2-4-11-30(28)38-26-18-14-24(34)15-19-26/h1-20H,33-34H2. The summed E-state index contributed by atoms with van der Waals surface area (Å²) in [7, 11) is 0. The monoisotopic (exact) mass is 500 g/mol. The Kier molecular flexibility index (Phi) is 6.87. The van der Waals surface area contributed by atoms with Crippen LogP contribution in [0, 0.1) is 0 Å². The number of nitrogen functional groups attached to an aromatic ring is 2. The molecular formula is C32H24N2O4. The second kappa shape index (κ2) is 10.7. The molecule has 0 aliphatic heterocycles. The van der Waals surface area contributed by atoms with Gasteiger partial charge in [-0.05, 0) is 78.9 Å². The van der Waals surface area contributed by atoms with Gasteiger partial charge in [-0.15, -0.1) is 0 Å². The minimum absolute atomic E-state index is 0.267. The molecule has 4 N–H and O–H groups in total. The van der Waals surface area contributed by atoms with Gasteiger partial charge in [0, 0.05) is 22.5 Å². The molecular weight excluding hydrogens is 476 g/mol. The zero-order chi connectivity index (χ0) is 26.5. The Hall–Kier alpha value is -5.36. The Labute approximate surface area is 220 Å². The maximum atomic E-state index is 13.5. The zero-order valence-corrected chi connectivity index (χ0v) is 20.3. The molecule has 0 atom stereocenters. The number of nitrogens with two attached hydrogens (primary N) is 2. The highest BCUT2D eigenvalue weighted by atomic mass is 16.5. The SMILES string of the molecule is Nc1ccc(Oc2ccccc2C(=O)c2cccc(C(=O)c3ccccc3Oc3ccc(N)cc3)c2)cc1. The summed E-state index contributed by atoms with van der Waals surface area (Å²) in [5.74, 6) is 1.39. The molecule has 0 spiro atoms. The molecule has 0 radical (unpaired) electrons. The third-order valence-electron chi connectivity index (χ3n) is 5.87. The van der Waals surface area contributed by atoms with Gasteiger partial charge in [0.25, 0.3) is 0 Å². The normalized spacial score (nSPS) is 10.5. The number of para-hydroxylation sites is 2. The maximum absolute atomic E-state index is 13.5. The minimum Gasteiger partial charge on any atom is -0.457 e. The first kappa shape index (κ1) is 24.3. The van der Waals surface area contributed by atoms with Crippen LogP contribution in [-0.2, 0) is 0 Å². The molecule has 0 unspecified atom stereocenters. The van der Waals surface area contributed by atoms with Crippen LogP contribution in [0.2, 0.25) is 0 Å². The maximum Gasteiger partial charge on any atom is 0.196 e. The van der Waals surface area contributed by atoms with Crippen LogP contribution in [0.15, 0.2) is 121 Å². The topological polar surface area (TPSA) is 105 Å². The minimum atomic E-state index is -0.267. The average molecular weight is 501 g/mol. The Balaban J connectivity index is 1.42. The Morgan fingerprint density at radius 2 is 0.868 bits per heavy atom. The van der Waals surface area contributed by atoms with Gasteiger partial charge in [0.2, 0.25) is 0 Å². The van der Waals surface area contributed by atoms with Crippen LogP contribution in [0.25, 0.3) is 0 Å². The van der Waals surface area contributed by atoms with Crippen molar-refractivity contribution in [2.24, 2.45) is 0 Å². The lowest BCUT2D eigenvalue weighted by Gasteiger charge is -2.12. The number of ketones is 2. The average Bonchev–Trinajstić information content (AvgIpc) is 2.95. The van der Waals surface area contributed by atoms with Crippen LogP contribution in [-0.4, -0.2) is 11.6 Å². The van der Waals surface area contributed by atoms with E-state index in [1.165, 1.54) is 0 Å². The molecule has 0 saturated carbocycles. The summed E-state index contributed by atoms with van der Waals surface area (Å²) < 4.78 is 11.9. The van der Waals surface area contributed by atoms with Crippen molar-refractivity contribution >= 4 is 22.9 Å². The first-order valence-electron chi connectivity index (χ1n) is 11.9. The number of carbonyl (C=O) groups is 2. The molecule has 5 aromatic carbocycles. The van der Waals surface area contributed by atoms with E-state index < -0.39 is 0 Å². The van der Waals surface area contributed by atoms with Crippen molar-refractivity contribution in [2.45, 2.75) is 0 Å². The third-order valence-corrected chi connectivity index (χ3v) is 5.87. The molecule has 0 amide bonds. The highest BCUT2D eigenvalue weighted by Gasteiger charge is 2.19. The number of hydrogen-bond acceptors (Lipinski definition) is 6. The molecule has 0 aromatic heterocycles. The molecule has 0 aliphatic rings. The molecule has 6 heteroatoms. The van der Waals surface area contributed by atoms with Crippen LogP contribution in [0.3, 0.4) is 0 Å². The summed E-state index contributed by atoms with van der Waals surface area (Å²) in [6, 6.07) is 34.4. The smallest absolute Gasteiger partial charge is 0.196 e. The molecule has 6 nitrogen and oxygen atoms in total. The molecule has 5 rings (SSSR count). The molecule has 0 fully saturated rings. The quantitative estimate of drug-likeness (QED) is 0.177. The van der Waals surface area contributed by atoms with Crippen molar-refractivity contribution in [3.8, 4) is 23.0 Å². The van der Waals surface area contributed by atoms with Crippen LogP contribution in [0.4, 0.5) is 11.4 Å². The van der Waals surface area contributed by atoms with Crippen LogP contribution < -0.4 is 20.9 Å².